The monoisotopic (exact) mass is 342 g/mol. The first-order valence-electron chi connectivity index (χ1n) is 8.89. The lowest BCUT2D eigenvalue weighted by Crippen LogP contribution is -2.42. The number of piperidine rings is 1. The van der Waals surface area contributed by atoms with Crippen molar-refractivity contribution in [3.05, 3.63) is 46.0 Å². The molecular weight excluding hydrogens is 320 g/mol. The van der Waals surface area contributed by atoms with Gasteiger partial charge in [-0.3, -0.25) is 9.59 Å². The molecule has 2 fully saturated rings. The molecule has 1 saturated carbocycles. The zero-order chi connectivity index (χ0) is 17.4. The quantitative estimate of drug-likeness (QED) is 0.845. The third-order valence-electron chi connectivity index (χ3n) is 5.05. The van der Waals surface area contributed by atoms with Crippen LogP contribution in [-0.4, -0.2) is 38.6 Å². The molecule has 0 N–H and O–H groups in total. The van der Waals surface area contributed by atoms with Crippen molar-refractivity contribution in [2.45, 2.75) is 38.0 Å². The van der Waals surface area contributed by atoms with Crippen LogP contribution in [0.1, 0.15) is 53.7 Å². The fraction of sp³-hybridized carbons (Fsp3) is 0.556. The molecule has 7 heteroatoms. The van der Waals surface area contributed by atoms with Gasteiger partial charge in [0.1, 0.15) is 5.56 Å². The first-order valence-corrected chi connectivity index (χ1v) is 8.89. The van der Waals surface area contributed by atoms with Crippen molar-refractivity contribution in [3.8, 4) is 0 Å². The van der Waals surface area contributed by atoms with Crippen molar-refractivity contribution in [2.24, 2.45) is 13.0 Å². The molecule has 1 saturated heterocycles. The second-order valence-corrected chi connectivity index (χ2v) is 7.12. The summed E-state index contributed by atoms with van der Waals surface area (Å²) < 4.78 is 6.80. The Hall–Kier alpha value is -2.44. The average molecular weight is 342 g/mol. The van der Waals surface area contributed by atoms with Crippen LogP contribution in [-0.2, 0) is 13.5 Å². The lowest BCUT2D eigenvalue weighted by atomic mass is 9.94. The lowest BCUT2D eigenvalue weighted by Gasteiger charge is -2.32. The van der Waals surface area contributed by atoms with Gasteiger partial charge in [-0.15, -0.1) is 0 Å². The number of carbonyl (C=O) groups excluding carboxylic acids is 1. The predicted octanol–water partition coefficient (Wildman–Crippen LogP) is 1.74. The van der Waals surface area contributed by atoms with E-state index in [-0.39, 0.29) is 22.9 Å². The Morgan fingerprint density at radius 1 is 1.36 bits per heavy atom. The van der Waals surface area contributed by atoms with Crippen molar-refractivity contribution in [1.82, 2.24) is 19.6 Å². The highest BCUT2D eigenvalue weighted by Gasteiger charge is 2.30. The molecule has 25 heavy (non-hydrogen) atoms. The van der Waals surface area contributed by atoms with Crippen LogP contribution in [0, 0.1) is 5.92 Å². The van der Waals surface area contributed by atoms with Crippen LogP contribution in [0.15, 0.2) is 27.6 Å². The van der Waals surface area contributed by atoms with Crippen molar-refractivity contribution in [3.63, 3.8) is 0 Å². The van der Waals surface area contributed by atoms with E-state index >= 15 is 0 Å². The largest absolute Gasteiger partial charge is 0.339 e. The number of hydrogen-bond donors (Lipinski definition) is 0. The highest BCUT2D eigenvalue weighted by atomic mass is 16.5. The van der Waals surface area contributed by atoms with Crippen LogP contribution in [0.4, 0.5) is 0 Å². The highest BCUT2D eigenvalue weighted by Crippen LogP contribution is 2.38. The zero-order valence-corrected chi connectivity index (χ0v) is 14.4. The van der Waals surface area contributed by atoms with Gasteiger partial charge in [-0.25, -0.2) is 0 Å². The molecule has 7 nitrogen and oxygen atoms in total. The standard InChI is InChI=1S/C18H22N4O3/c1-21-8-3-5-14(17(21)23)18(24)22-9-2-4-12(11-22)10-15-19-16(20-25-15)13-6-7-13/h3,5,8,12-13H,2,4,6-7,9-11H2,1H3/t12-/m0/s1. The molecule has 2 aliphatic rings. The van der Waals surface area contributed by atoms with E-state index in [0.29, 0.717) is 31.3 Å². The summed E-state index contributed by atoms with van der Waals surface area (Å²) >= 11 is 0. The molecule has 0 spiro atoms. The van der Waals surface area contributed by atoms with Crippen LogP contribution < -0.4 is 5.56 Å². The van der Waals surface area contributed by atoms with E-state index in [4.69, 9.17) is 4.52 Å². The summed E-state index contributed by atoms with van der Waals surface area (Å²) in [7, 11) is 1.66. The van der Waals surface area contributed by atoms with E-state index in [9.17, 15) is 9.59 Å². The van der Waals surface area contributed by atoms with Gasteiger partial charge in [0, 0.05) is 38.7 Å². The Bertz CT molecular complexity index is 837. The number of rotatable bonds is 4. The molecular formula is C18H22N4O3. The minimum absolute atomic E-state index is 0.185. The second kappa shape index (κ2) is 6.46. The number of amides is 1. The minimum atomic E-state index is -0.249. The van der Waals surface area contributed by atoms with Crippen LogP contribution in [0.25, 0.3) is 0 Å². The molecule has 1 amide bonds. The highest BCUT2D eigenvalue weighted by molar-refractivity contribution is 5.93. The summed E-state index contributed by atoms with van der Waals surface area (Å²) in [5.74, 6) is 2.08. The summed E-state index contributed by atoms with van der Waals surface area (Å²) in [4.78, 5) is 31.2. The van der Waals surface area contributed by atoms with Crippen molar-refractivity contribution in [2.75, 3.05) is 13.1 Å². The predicted molar refractivity (Wildman–Crippen MR) is 90.3 cm³/mol. The Balaban J connectivity index is 1.43. The molecule has 1 aliphatic carbocycles. The SMILES string of the molecule is Cn1cccc(C(=O)N2CCC[C@@H](Cc3nc(C4CC4)no3)C2)c1=O. The number of hydrogen-bond acceptors (Lipinski definition) is 5. The van der Waals surface area contributed by atoms with Gasteiger partial charge in [0.15, 0.2) is 5.82 Å². The van der Waals surface area contributed by atoms with Crippen molar-refractivity contribution >= 4 is 5.91 Å². The molecule has 3 heterocycles. The van der Waals surface area contributed by atoms with Crippen LogP contribution in [0.3, 0.4) is 0 Å². The maximum absolute atomic E-state index is 12.7. The summed E-state index contributed by atoms with van der Waals surface area (Å²) in [5.41, 5.74) is -0.0138. The molecule has 1 atom stereocenters. The number of carbonyl (C=O) groups is 1. The maximum atomic E-state index is 12.7. The maximum Gasteiger partial charge on any atom is 0.263 e. The molecule has 2 aromatic heterocycles. The Morgan fingerprint density at radius 2 is 2.20 bits per heavy atom. The second-order valence-electron chi connectivity index (χ2n) is 7.12. The number of likely N-dealkylation sites (tertiary alicyclic amines) is 1. The molecule has 0 radical (unpaired) electrons. The van der Waals surface area contributed by atoms with Gasteiger partial charge in [0.25, 0.3) is 11.5 Å². The third-order valence-corrected chi connectivity index (χ3v) is 5.05. The smallest absolute Gasteiger partial charge is 0.263 e. The van der Waals surface area contributed by atoms with Crippen molar-refractivity contribution in [1.29, 1.82) is 0 Å². The Kier molecular flexibility index (Phi) is 4.15. The fourth-order valence-corrected chi connectivity index (χ4v) is 3.45. The van der Waals surface area contributed by atoms with E-state index in [2.05, 4.69) is 10.1 Å². The molecule has 4 rings (SSSR count). The summed E-state index contributed by atoms with van der Waals surface area (Å²) in [6, 6.07) is 3.34. The van der Waals surface area contributed by atoms with Gasteiger partial charge >= 0.3 is 0 Å². The van der Waals surface area contributed by atoms with E-state index in [0.717, 1.165) is 31.5 Å². The van der Waals surface area contributed by atoms with Crippen LogP contribution >= 0.6 is 0 Å². The first-order chi connectivity index (χ1) is 12.1. The van der Waals surface area contributed by atoms with Gasteiger partial charge in [0.05, 0.1) is 0 Å². The number of nitrogens with zero attached hydrogens (tertiary/aromatic N) is 4. The molecule has 132 valence electrons. The lowest BCUT2D eigenvalue weighted by molar-refractivity contribution is 0.0665. The Morgan fingerprint density at radius 3 is 3.00 bits per heavy atom. The van der Waals surface area contributed by atoms with Gasteiger partial charge in [-0.05, 0) is 43.7 Å². The number of aryl methyl sites for hydroxylation is 1. The summed E-state index contributed by atoms with van der Waals surface area (Å²) in [6.45, 7) is 1.31. The average Bonchev–Trinajstić information content (AvgIpc) is 3.37. The van der Waals surface area contributed by atoms with Crippen LogP contribution in [0.5, 0.6) is 0 Å². The van der Waals surface area contributed by atoms with Crippen molar-refractivity contribution < 1.29 is 9.32 Å². The first kappa shape index (κ1) is 16.1. The third kappa shape index (κ3) is 3.36. The Labute approximate surface area is 145 Å². The van der Waals surface area contributed by atoms with Gasteiger partial charge in [-0.2, -0.15) is 4.98 Å². The van der Waals surface area contributed by atoms with E-state index in [1.165, 1.54) is 4.57 Å². The van der Waals surface area contributed by atoms with Gasteiger partial charge in [-0.1, -0.05) is 5.16 Å². The van der Waals surface area contributed by atoms with E-state index in [1.807, 2.05) is 0 Å². The molecule has 2 aromatic rings. The van der Waals surface area contributed by atoms with E-state index in [1.54, 1.807) is 30.3 Å². The molecule has 0 bridgehead atoms. The molecule has 0 aromatic carbocycles. The molecule has 1 aliphatic heterocycles. The fourth-order valence-electron chi connectivity index (χ4n) is 3.45. The summed E-state index contributed by atoms with van der Waals surface area (Å²) in [6.07, 6.45) is 6.60. The van der Waals surface area contributed by atoms with Gasteiger partial charge < -0.3 is 14.0 Å². The molecule has 0 unspecified atom stereocenters. The summed E-state index contributed by atoms with van der Waals surface area (Å²) in [5, 5.41) is 4.06. The minimum Gasteiger partial charge on any atom is -0.339 e. The number of pyridine rings is 1. The normalized spacial score (nSPS) is 20.7. The zero-order valence-electron chi connectivity index (χ0n) is 14.4. The van der Waals surface area contributed by atoms with E-state index < -0.39 is 0 Å². The number of aromatic nitrogens is 3. The van der Waals surface area contributed by atoms with Gasteiger partial charge in [0.2, 0.25) is 5.89 Å². The topological polar surface area (TPSA) is 81.2 Å². The van der Waals surface area contributed by atoms with Crippen LogP contribution in [0.2, 0.25) is 0 Å².